The molecule has 1 aromatic rings. The Balaban J connectivity index is 3.28. The zero-order valence-electron chi connectivity index (χ0n) is 5.69. The number of halogens is 4. The SMILES string of the molecule is Nc1cc(Br)nc(Cl)c1C(F)F. The second kappa shape index (κ2) is 3.53. The summed E-state index contributed by atoms with van der Waals surface area (Å²) in [5, 5.41) is -0.267. The Labute approximate surface area is 80.9 Å². The Morgan fingerprint density at radius 2 is 2.17 bits per heavy atom. The molecule has 1 aromatic heterocycles. The molecule has 0 saturated carbocycles. The predicted molar refractivity (Wildman–Crippen MR) is 46.3 cm³/mol. The van der Waals surface area contributed by atoms with E-state index in [9.17, 15) is 8.78 Å². The van der Waals surface area contributed by atoms with Gasteiger partial charge >= 0.3 is 0 Å². The summed E-state index contributed by atoms with van der Waals surface area (Å²) in [6, 6.07) is 1.29. The van der Waals surface area contributed by atoms with Crippen molar-refractivity contribution < 1.29 is 8.78 Å². The molecule has 66 valence electrons. The number of hydrogen-bond donors (Lipinski definition) is 1. The quantitative estimate of drug-likeness (QED) is 0.786. The van der Waals surface area contributed by atoms with Gasteiger partial charge in [0, 0.05) is 5.69 Å². The van der Waals surface area contributed by atoms with Crippen LogP contribution in [0, 0.1) is 0 Å². The number of nitrogens with zero attached hydrogens (tertiary/aromatic N) is 1. The average Bonchev–Trinajstić information content (AvgIpc) is 1.82. The van der Waals surface area contributed by atoms with E-state index in [4.69, 9.17) is 17.3 Å². The Bertz CT molecular complexity index is 283. The molecule has 0 unspecified atom stereocenters. The molecule has 1 rings (SSSR count). The summed E-state index contributed by atoms with van der Waals surface area (Å²) in [5.74, 6) is 0. The number of pyridine rings is 1. The largest absolute Gasteiger partial charge is 0.398 e. The first-order valence-corrected chi connectivity index (χ1v) is 4.09. The normalized spacial score (nSPS) is 10.8. The third-order valence-electron chi connectivity index (χ3n) is 1.23. The Morgan fingerprint density at radius 1 is 1.58 bits per heavy atom. The first-order chi connectivity index (χ1) is 5.52. The van der Waals surface area contributed by atoms with Gasteiger partial charge in [-0.25, -0.2) is 13.8 Å². The second-order valence-corrected chi connectivity index (χ2v) is 3.21. The van der Waals surface area contributed by atoms with Gasteiger partial charge in [-0.3, -0.25) is 0 Å². The standard InChI is InChI=1S/C6H4BrClF2N2/c7-3-1-2(11)4(6(9)10)5(8)12-3/h1,6H,(H2,11,12). The molecule has 6 heteroatoms. The van der Waals surface area contributed by atoms with Gasteiger partial charge in [-0.1, -0.05) is 11.6 Å². The molecule has 12 heavy (non-hydrogen) atoms. The number of nitrogen functional groups attached to an aromatic ring is 1. The van der Waals surface area contributed by atoms with Crippen molar-refractivity contribution in [2.75, 3.05) is 5.73 Å². The van der Waals surface area contributed by atoms with Crippen LogP contribution in [0.15, 0.2) is 10.7 Å². The highest BCUT2D eigenvalue weighted by Crippen LogP contribution is 2.32. The lowest BCUT2D eigenvalue weighted by atomic mass is 10.2. The first kappa shape index (κ1) is 9.67. The Hall–Kier alpha value is -0.420. The van der Waals surface area contributed by atoms with E-state index in [1.54, 1.807) is 0 Å². The van der Waals surface area contributed by atoms with Crippen molar-refractivity contribution in [2.45, 2.75) is 6.43 Å². The van der Waals surface area contributed by atoms with Crippen molar-refractivity contribution in [3.63, 3.8) is 0 Å². The summed E-state index contributed by atoms with van der Waals surface area (Å²) in [6.45, 7) is 0. The third-order valence-corrected chi connectivity index (χ3v) is 1.93. The molecule has 0 atom stereocenters. The summed E-state index contributed by atoms with van der Waals surface area (Å²) < 4.78 is 24.7. The molecule has 0 bridgehead atoms. The van der Waals surface area contributed by atoms with Crippen molar-refractivity contribution in [2.24, 2.45) is 0 Å². The number of nitrogens with two attached hydrogens (primary N) is 1. The van der Waals surface area contributed by atoms with Crippen LogP contribution in [-0.2, 0) is 0 Å². The zero-order chi connectivity index (χ0) is 9.30. The molecule has 2 nitrogen and oxygen atoms in total. The Morgan fingerprint density at radius 3 is 2.58 bits per heavy atom. The third kappa shape index (κ3) is 1.84. The summed E-state index contributed by atoms with van der Waals surface area (Å²) in [4.78, 5) is 3.58. The van der Waals surface area contributed by atoms with Crippen LogP contribution in [0.25, 0.3) is 0 Å². The van der Waals surface area contributed by atoms with Crippen LogP contribution < -0.4 is 5.73 Å². The maximum atomic E-state index is 12.2. The van der Waals surface area contributed by atoms with E-state index in [1.807, 2.05) is 0 Å². The highest BCUT2D eigenvalue weighted by molar-refractivity contribution is 9.10. The van der Waals surface area contributed by atoms with Gasteiger partial charge in [0.2, 0.25) is 0 Å². The summed E-state index contributed by atoms with van der Waals surface area (Å²) in [6.07, 6.45) is -2.70. The summed E-state index contributed by atoms with van der Waals surface area (Å²) in [5.41, 5.74) is 4.81. The maximum absolute atomic E-state index is 12.2. The predicted octanol–water partition coefficient (Wildman–Crippen LogP) is 3.02. The lowest BCUT2D eigenvalue weighted by Crippen LogP contribution is -1.98. The number of aromatic nitrogens is 1. The fourth-order valence-corrected chi connectivity index (χ4v) is 1.54. The van der Waals surface area contributed by atoms with Gasteiger partial charge in [-0.2, -0.15) is 0 Å². The number of anilines is 1. The van der Waals surface area contributed by atoms with E-state index in [-0.39, 0.29) is 10.8 Å². The minimum atomic E-state index is -2.70. The van der Waals surface area contributed by atoms with E-state index in [1.165, 1.54) is 6.07 Å². The molecule has 0 aromatic carbocycles. The number of rotatable bonds is 1. The van der Waals surface area contributed by atoms with Crippen molar-refractivity contribution >= 4 is 33.2 Å². The zero-order valence-corrected chi connectivity index (χ0v) is 8.03. The van der Waals surface area contributed by atoms with Crippen molar-refractivity contribution in [1.29, 1.82) is 0 Å². The van der Waals surface area contributed by atoms with E-state index >= 15 is 0 Å². The van der Waals surface area contributed by atoms with Gasteiger partial charge in [-0.15, -0.1) is 0 Å². The van der Waals surface area contributed by atoms with Crippen LogP contribution in [0.1, 0.15) is 12.0 Å². The van der Waals surface area contributed by atoms with Crippen LogP contribution >= 0.6 is 27.5 Å². The minimum Gasteiger partial charge on any atom is -0.398 e. The highest BCUT2D eigenvalue weighted by Gasteiger charge is 2.17. The van der Waals surface area contributed by atoms with Gasteiger partial charge in [0.25, 0.3) is 6.43 Å². The van der Waals surface area contributed by atoms with Crippen LogP contribution in [0.2, 0.25) is 5.15 Å². The van der Waals surface area contributed by atoms with Crippen molar-refractivity contribution in [3.8, 4) is 0 Å². The average molecular weight is 257 g/mol. The topological polar surface area (TPSA) is 38.9 Å². The van der Waals surface area contributed by atoms with Crippen LogP contribution in [0.4, 0.5) is 14.5 Å². The molecule has 1 heterocycles. The lowest BCUT2D eigenvalue weighted by molar-refractivity contribution is 0.152. The monoisotopic (exact) mass is 256 g/mol. The fourth-order valence-electron chi connectivity index (χ4n) is 0.727. The van der Waals surface area contributed by atoms with Crippen molar-refractivity contribution in [1.82, 2.24) is 4.98 Å². The van der Waals surface area contributed by atoms with Gasteiger partial charge in [0.05, 0.1) is 5.56 Å². The molecule has 0 spiro atoms. The van der Waals surface area contributed by atoms with Crippen molar-refractivity contribution in [3.05, 3.63) is 21.4 Å². The van der Waals surface area contributed by atoms with E-state index in [2.05, 4.69) is 20.9 Å². The summed E-state index contributed by atoms with van der Waals surface area (Å²) >= 11 is 8.40. The van der Waals surface area contributed by atoms with Crippen LogP contribution in [0.5, 0.6) is 0 Å². The van der Waals surface area contributed by atoms with E-state index < -0.39 is 12.0 Å². The molecule has 0 saturated heterocycles. The molecule has 0 aliphatic carbocycles. The maximum Gasteiger partial charge on any atom is 0.268 e. The molecule has 0 radical (unpaired) electrons. The smallest absolute Gasteiger partial charge is 0.268 e. The molecule has 0 aliphatic rings. The Kier molecular flexibility index (Phi) is 2.85. The molecule has 2 N–H and O–H groups in total. The highest BCUT2D eigenvalue weighted by atomic mass is 79.9. The van der Waals surface area contributed by atoms with Gasteiger partial charge in [0.15, 0.2) is 0 Å². The minimum absolute atomic E-state index is 0.0584. The molecular formula is C6H4BrClF2N2. The van der Waals surface area contributed by atoms with Crippen LogP contribution in [-0.4, -0.2) is 4.98 Å². The van der Waals surface area contributed by atoms with Gasteiger partial charge in [0.1, 0.15) is 9.76 Å². The number of alkyl halides is 2. The molecule has 0 fully saturated rings. The fraction of sp³-hybridized carbons (Fsp3) is 0.167. The van der Waals surface area contributed by atoms with E-state index in [0.29, 0.717) is 4.60 Å². The molecule has 0 amide bonds. The van der Waals surface area contributed by atoms with Crippen LogP contribution in [0.3, 0.4) is 0 Å². The second-order valence-electron chi connectivity index (χ2n) is 2.04. The summed E-state index contributed by atoms with van der Waals surface area (Å²) in [7, 11) is 0. The molecule has 0 aliphatic heterocycles. The van der Waals surface area contributed by atoms with E-state index in [0.717, 1.165) is 0 Å². The van der Waals surface area contributed by atoms with Gasteiger partial charge < -0.3 is 5.73 Å². The number of hydrogen-bond acceptors (Lipinski definition) is 2. The van der Waals surface area contributed by atoms with Gasteiger partial charge in [-0.05, 0) is 22.0 Å². The first-order valence-electron chi connectivity index (χ1n) is 2.92. The lowest BCUT2D eigenvalue weighted by Gasteiger charge is -2.05. The molecular weight excluding hydrogens is 253 g/mol.